The molecule has 0 unspecified atom stereocenters. The van der Waals surface area contributed by atoms with E-state index in [2.05, 4.69) is 34.2 Å². The van der Waals surface area contributed by atoms with Gasteiger partial charge in [0.05, 0.1) is 12.4 Å². The van der Waals surface area contributed by atoms with Crippen molar-refractivity contribution in [3.8, 4) is 5.75 Å². The van der Waals surface area contributed by atoms with Gasteiger partial charge in [-0.05, 0) is 18.6 Å². The first-order valence-corrected chi connectivity index (χ1v) is 8.55. The van der Waals surface area contributed by atoms with Crippen LogP contribution in [-0.2, 0) is 0 Å². The molecule has 0 N–H and O–H groups in total. The SMILES string of the molecule is CSC1(SC)COc2ccccc2[C@@H]1n1ccnc1. The van der Waals surface area contributed by atoms with Gasteiger partial charge in [0.2, 0.25) is 0 Å². The van der Waals surface area contributed by atoms with Crippen molar-refractivity contribution in [2.45, 2.75) is 10.1 Å². The summed E-state index contributed by atoms with van der Waals surface area (Å²) in [7, 11) is 0. The largest absolute Gasteiger partial charge is 0.491 e. The Hall–Kier alpha value is -1.07. The molecule has 2 heterocycles. The Morgan fingerprint density at radius 2 is 2.11 bits per heavy atom. The highest BCUT2D eigenvalue weighted by molar-refractivity contribution is 8.17. The van der Waals surface area contributed by atoms with Crippen molar-refractivity contribution in [2.24, 2.45) is 0 Å². The first-order valence-electron chi connectivity index (χ1n) is 6.10. The quantitative estimate of drug-likeness (QED) is 0.811. The van der Waals surface area contributed by atoms with Crippen LogP contribution in [-0.4, -0.2) is 32.7 Å². The van der Waals surface area contributed by atoms with Crippen molar-refractivity contribution in [1.82, 2.24) is 9.55 Å². The van der Waals surface area contributed by atoms with Crippen molar-refractivity contribution in [3.63, 3.8) is 0 Å². The first kappa shape index (κ1) is 12.9. The van der Waals surface area contributed by atoms with Crippen molar-refractivity contribution in [1.29, 1.82) is 0 Å². The van der Waals surface area contributed by atoms with Crippen LogP contribution in [0, 0.1) is 0 Å². The Kier molecular flexibility index (Phi) is 3.50. The lowest BCUT2D eigenvalue weighted by Crippen LogP contribution is -2.42. The van der Waals surface area contributed by atoms with Gasteiger partial charge in [-0.2, -0.15) is 0 Å². The fourth-order valence-corrected chi connectivity index (χ4v) is 4.53. The molecular formula is C14H16N2OS2. The number of benzene rings is 1. The summed E-state index contributed by atoms with van der Waals surface area (Å²) in [4.78, 5) is 4.21. The second kappa shape index (κ2) is 5.13. The van der Waals surface area contributed by atoms with E-state index < -0.39 is 0 Å². The van der Waals surface area contributed by atoms with Gasteiger partial charge in [-0.1, -0.05) is 18.2 Å². The zero-order chi connectivity index (χ0) is 13.3. The van der Waals surface area contributed by atoms with Crippen molar-refractivity contribution in [3.05, 3.63) is 48.5 Å². The highest BCUT2D eigenvalue weighted by Gasteiger charge is 2.45. The average molecular weight is 292 g/mol. The second-order valence-electron chi connectivity index (χ2n) is 4.46. The molecule has 19 heavy (non-hydrogen) atoms. The topological polar surface area (TPSA) is 27.1 Å². The molecule has 1 aliphatic rings. The smallest absolute Gasteiger partial charge is 0.124 e. The summed E-state index contributed by atoms with van der Waals surface area (Å²) in [6, 6.07) is 8.53. The van der Waals surface area contributed by atoms with Crippen LogP contribution < -0.4 is 4.74 Å². The van der Waals surface area contributed by atoms with Crippen LogP contribution in [0.2, 0.25) is 0 Å². The maximum absolute atomic E-state index is 5.97. The number of imidazole rings is 1. The molecule has 2 aromatic rings. The third kappa shape index (κ3) is 2.05. The summed E-state index contributed by atoms with van der Waals surface area (Å²) in [5, 5.41) is 0. The fourth-order valence-electron chi connectivity index (χ4n) is 2.57. The molecule has 0 amide bonds. The Morgan fingerprint density at radius 1 is 1.32 bits per heavy atom. The Morgan fingerprint density at radius 3 is 2.79 bits per heavy atom. The molecule has 0 saturated carbocycles. The van der Waals surface area contributed by atoms with Crippen molar-refractivity contribution >= 4 is 23.5 Å². The summed E-state index contributed by atoms with van der Waals surface area (Å²) in [5.41, 5.74) is 1.23. The van der Waals surface area contributed by atoms with Crippen LogP contribution in [0.4, 0.5) is 0 Å². The molecule has 0 aliphatic carbocycles. The minimum Gasteiger partial charge on any atom is -0.491 e. The Bertz CT molecular complexity index is 552. The number of rotatable bonds is 3. The second-order valence-corrected chi connectivity index (χ2v) is 6.99. The van der Waals surface area contributed by atoms with Gasteiger partial charge < -0.3 is 9.30 Å². The number of aromatic nitrogens is 2. The van der Waals surface area contributed by atoms with Gasteiger partial charge in [0.1, 0.15) is 16.4 Å². The maximum Gasteiger partial charge on any atom is 0.124 e. The van der Waals surface area contributed by atoms with E-state index in [1.54, 1.807) is 0 Å². The Labute approximate surface area is 121 Å². The molecule has 1 atom stereocenters. The zero-order valence-corrected chi connectivity index (χ0v) is 12.6. The van der Waals surface area contributed by atoms with Crippen molar-refractivity contribution < 1.29 is 4.74 Å². The number of hydrogen-bond acceptors (Lipinski definition) is 4. The lowest BCUT2D eigenvalue weighted by molar-refractivity contribution is 0.250. The number of nitrogens with zero attached hydrogens (tertiary/aromatic N) is 2. The van der Waals surface area contributed by atoms with E-state index in [1.165, 1.54) is 5.56 Å². The Balaban J connectivity index is 2.16. The zero-order valence-electron chi connectivity index (χ0n) is 10.9. The number of thioether (sulfide) groups is 2. The maximum atomic E-state index is 5.97. The van der Waals surface area contributed by atoms with Gasteiger partial charge >= 0.3 is 0 Å². The normalized spacial score (nSPS) is 20.6. The lowest BCUT2D eigenvalue weighted by Gasteiger charge is -2.42. The average Bonchev–Trinajstić information content (AvgIpc) is 2.99. The molecule has 0 saturated heterocycles. The van der Waals surface area contributed by atoms with Gasteiger partial charge in [-0.3, -0.25) is 0 Å². The predicted octanol–water partition coefficient (Wildman–Crippen LogP) is 3.29. The van der Waals surface area contributed by atoms with Crippen molar-refractivity contribution in [2.75, 3.05) is 19.1 Å². The van der Waals surface area contributed by atoms with Gasteiger partial charge in [-0.15, -0.1) is 23.5 Å². The van der Waals surface area contributed by atoms with Gasteiger partial charge in [0.15, 0.2) is 0 Å². The summed E-state index contributed by atoms with van der Waals surface area (Å²) >= 11 is 3.70. The minimum absolute atomic E-state index is 0.0188. The summed E-state index contributed by atoms with van der Waals surface area (Å²) in [5.74, 6) is 0.986. The van der Waals surface area contributed by atoms with E-state index in [-0.39, 0.29) is 10.1 Å². The third-order valence-corrected chi connectivity index (χ3v) is 6.64. The summed E-state index contributed by atoms with van der Waals surface area (Å²) in [6.45, 7) is 0.704. The van der Waals surface area contributed by atoms with Crippen LogP contribution in [0.1, 0.15) is 11.6 Å². The van der Waals surface area contributed by atoms with Crippen LogP contribution in [0.25, 0.3) is 0 Å². The van der Waals surface area contributed by atoms with Crippen LogP contribution in [0.3, 0.4) is 0 Å². The van der Waals surface area contributed by atoms with E-state index in [0.717, 1.165) is 5.75 Å². The van der Waals surface area contributed by atoms with E-state index in [4.69, 9.17) is 4.74 Å². The van der Waals surface area contributed by atoms with E-state index in [1.807, 2.05) is 54.4 Å². The monoisotopic (exact) mass is 292 g/mol. The van der Waals surface area contributed by atoms with Crippen LogP contribution in [0.5, 0.6) is 5.75 Å². The number of fused-ring (bicyclic) bond motifs is 1. The molecule has 100 valence electrons. The number of ether oxygens (including phenoxy) is 1. The molecule has 0 bridgehead atoms. The highest BCUT2D eigenvalue weighted by Crippen LogP contribution is 2.51. The predicted molar refractivity (Wildman–Crippen MR) is 82.1 cm³/mol. The molecule has 0 spiro atoms. The van der Waals surface area contributed by atoms with E-state index in [9.17, 15) is 0 Å². The minimum atomic E-state index is -0.0188. The van der Waals surface area contributed by atoms with Gasteiger partial charge in [-0.25, -0.2) is 4.98 Å². The molecule has 1 aromatic heterocycles. The highest BCUT2D eigenvalue weighted by atomic mass is 32.2. The first-order chi connectivity index (χ1) is 9.30. The molecule has 1 aliphatic heterocycles. The van der Waals surface area contributed by atoms with E-state index in [0.29, 0.717) is 6.61 Å². The van der Waals surface area contributed by atoms with E-state index >= 15 is 0 Å². The molecule has 3 nitrogen and oxygen atoms in total. The number of para-hydroxylation sites is 1. The lowest BCUT2D eigenvalue weighted by atomic mass is 9.99. The fraction of sp³-hybridized carbons (Fsp3) is 0.357. The van der Waals surface area contributed by atoms with Gasteiger partial charge in [0, 0.05) is 18.0 Å². The van der Waals surface area contributed by atoms with Crippen LogP contribution in [0.15, 0.2) is 43.0 Å². The van der Waals surface area contributed by atoms with Gasteiger partial charge in [0.25, 0.3) is 0 Å². The summed E-state index contributed by atoms with van der Waals surface area (Å²) in [6.07, 6.45) is 10.1. The molecule has 3 rings (SSSR count). The molecule has 5 heteroatoms. The standard InChI is InChI=1S/C14H16N2OS2/c1-18-14(19-2)9-17-12-6-4-3-5-11(12)13(14)16-8-7-15-10-16/h3-8,10,13H,9H2,1-2H3/t13-/m0/s1. The molecule has 0 fully saturated rings. The molecule has 1 aromatic carbocycles. The summed E-state index contributed by atoms with van der Waals surface area (Å²) < 4.78 is 8.14. The third-order valence-electron chi connectivity index (χ3n) is 3.57. The van der Waals surface area contributed by atoms with Crippen LogP contribution >= 0.6 is 23.5 Å². The molecule has 0 radical (unpaired) electrons. The number of hydrogen-bond donors (Lipinski definition) is 0. The molecular weight excluding hydrogens is 276 g/mol.